The molecule has 2 heteroatoms. The molecule has 3 rings (SSSR count). The van der Waals surface area contributed by atoms with E-state index in [1.807, 2.05) is 0 Å². The van der Waals surface area contributed by atoms with Crippen LogP contribution in [0.1, 0.15) is 5.56 Å². The van der Waals surface area contributed by atoms with Crippen molar-refractivity contribution in [1.82, 2.24) is 4.90 Å². The Morgan fingerprint density at radius 1 is 1.13 bits per heavy atom. The molecular weight excluding hydrogens is 186 g/mol. The topological polar surface area (TPSA) is 12.5 Å². The van der Waals surface area contributed by atoms with Crippen LogP contribution in [0.5, 0.6) is 5.75 Å². The molecule has 0 aliphatic carbocycles. The summed E-state index contributed by atoms with van der Waals surface area (Å²) in [4.78, 5) is 2.16. The predicted molar refractivity (Wildman–Crippen MR) is 60.9 cm³/mol. The van der Waals surface area contributed by atoms with Crippen molar-refractivity contribution in [2.24, 2.45) is 0 Å². The SMILES string of the molecule is CN1COc2c(ccc3ccccc23)C1. The van der Waals surface area contributed by atoms with E-state index >= 15 is 0 Å². The third-order valence-electron chi connectivity index (χ3n) is 2.83. The van der Waals surface area contributed by atoms with Crippen molar-refractivity contribution in [3.63, 3.8) is 0 Å². The minimum Gasteiger partial charge on any atom is -0.477 e. The van der Waals surface area contributed by atoms with Crippen LogP contribution in [0.2, 0.25) is 0 Å². The van der Waals surface area contributed by atoms with E-state index in [1.54, 1.807) is 0 Å². The molecule has 2 aromatic carbocycles. The Morgan fingerprint density at radius 3 is 2.93 bits per heavy atom. The highest BCUT2D eigenvalue weighted by molar-refractivity contribution is 5.89. The van der Waals surface area contributed by atoms with E-state index in [9.17, 15) is 0 Å². The minimum atomic E-state index is 0.682. The largest absolute Gasteiger partial charge is 0.477 e. The second-order valence-corrected chi connectivity index (χ2v) is 4.06. The summed E-state index contributed by atoms with van der Waals surface area (Å²) < 4.78 is 5.77. The summed E-state index contributed by atoms with van der Waals surface area (Å²) in [6.07, 6.45) is 0. The minimum absolute atomic E-state index is 0.682. The normalized spacial score (nSPS) is 16.1. The maximum Gasteiger partial charge on any atom is 0.142 e. The number of hydrogen-bond acceptors (Lipinski definition) is 2. The van der Waals surface area contributed by atoms with Gasteiger partial charge in [0.15, 0.2) is 0 Å². The lowest BCUT2D eigenvalue weighted by atomic mass is 10.0. The molecule has 0 spiro atoms. The van der Waals surface area contributed by atoms with E-state index in [0.717, 1.165) is 12.3 Å². The smallest absolute Gasteiger partial charge is 0.142 e. The molecule has 0 atom stereocenters. The van der Waals surface area contributed by atoms with Gasteiger partial charge in [-0.25, -0.2) is 0 Å². The van der Waals surface area contributed by atoms with Crippen LogP contribution in [-0.4, -0.2) is 18.7 Å². The first-order chi connectivity index (χ1) is 7.34. The Kier molecular flexibility index (Phi) is 1.89. The average molecular weight is 199 g/mol. The first-order valence-electron chi connectivity index (χ1n) is 5.16. The summed E-state index contributed by atoms with van der Waals surface area (Å²) in [5.41, 5.74) is 1.28. The van der Waals surface area contributed by atoms with Crippen LogP contribution in [0, 0.1) is 0 Å². The maximum absolute atomic E-state index is 5.77. The standard InChI is InChI=1S/C13H13NO/c1-14-8-11-7-6-10-4-2-3-5-12(10)13(11)15-9-14/h2-7H,8-9H2,1H3. The number of rotatable bonds is 0. The lowest BCUT2D eigenvalue weighted by Crippen LogP contribution is -2.28. The molecule has 0 radical (unpaired) electrons. The molecule has 0 saturated carbocycles. The van der Waals surface area contributed by atoms with Crippen LogP contribution in [0.4, 0.5) is 0 Å². The van der Waals surface area contributed by atoms with Crippen LogP contribution in [0.15, 0.2) is 36.4 Å². The van der Waals surface area contributed by atoms with Gasteiger partial charge in [0.1, 0.15) is 12.5 Å². The zero-order valence-electron chi connectivity index (χ0n) is 8.73. The van der Waals surface area contributed by atoms with Gasteiger partial charge in [0, 0.05) is 17.5 Å². The number of hydrogen-bond donors (Lipinski definition) is 0. The van der Waals surface area contributed by atoms with Gasteiger partial charge >= 0.3 is 0 Å². The molecule has 2 nitrogen and oxygen atoms in total. The summed E-state index contributed by atoms with van der Waals surface area (Å²) in [5, 5.41) is 2.48. The molecule has 0 fully saturated rings. The van der Waals surface area contributed by atoms with E-state index in [2.05, 4.69) is 48.3 Å². The second-order valence-electron chi connectivity index (χ2n) is 4.06. The summed E-state index contributed by atoms with van der Waals surface area (Å²) in [5.74, 6) is 1.06. The van der Waals surface area contributed by atoms with Crippen LogP contribution in [0.3, 0.4) is 0 Å². The van der Waals surface area contributed by atoms with Gasteiger partial charge in [-0.1, -0.05) is 36.4 Å². The predicted octanol–water partition coefficient (Wildman–Crippen LogP) is 2.62. The molecule has 0 saturated heterocycles. The zero-order chi connectivity index (χ0) is 10.3. The number of fused-ring (bicyclic) bond motifs is 3. The van der Waals surface area contributed by atoms with Gasteiger partial charge in [-0.15, -0.1) is 0 Å². The Balaban J connectivity index is 2.25. The first kappa shape index (κ1) is 8.74. The fraction of sp³-hybridized carbons (Fsp3) is 0.231. The van der Waals surface area contributed by atoms with Crippen molar-refractivity contribution in [1.29, 1.82) is 0 Å². The zero-order valence-corrected chi connectivity index (χ0v) is 8.73. The van der Waals surface area contributed by atoms with Gasteiger partial charge in [-0.2, -0.15) is 0 Å². The third-order valence-corrected chi connectivity index (χ3v) is 2.83. The Labute approximate surface area is 89.1 Å². The van der Waals surface area contributed by atoms with Crippen molar-refractivity contribution < 1.29 is 4.74 Å². The van der Waals surface area contributed by atoms with Gasteiger partial charge in [-0.05, 0) is 12.4 Å². The Morgan fingerprint density at radius 2 is 2.00 bits per heavy atom. The molecule has 0 amide bonds. The van der Waals surface area contributed by atoms with Crippen LogP contribution in [0.25, 0.3) is 10.8 Å². The molecule has 76 valence electrons. The van der Waals surface area contributed by atoms with Gasteiger partial charge < -0.3 is 4.74 Å². The number of benzene rings is 2. The molecule has 1 aliphatic heterocycles. The third kappa shape index (κ3) is 1.38. The molecular formula is C13H13NO. The van der Waals surface area contributed by atoms with E-state index < -0.39 is 0 Å². The quantitative estimate of drug-likeness (QED) is 0.646. The molecule has 0 bridgehead atoms. The fourth-order valence-electron chi connectivity index (χ4n) is 2.09. The number of ether oxygens (including phenoxy) is 1. The molecule has 15 heavy (non-hydrogen) atoms. The Bertz CT molecular complexity index is 507. The summed E-state index contributed by atoms with van der Waals surface area (Å²) in [7, 11) is 2.07. The van der Waals surface area contributed by atoms with E-state index in [-0.39, 0.29) is 0 Å². The van der Waals surface area contributed by atoms with E-state index in [1.165, 1.54) is 16.3 Å². The van der Waals surface area contributed by atoms with Gasteiger partial charge in [0.05, 0.1) is 0 Å². The molecule has 0 N–H and O–H groups in total. The summed E-state index contributed by atoms with van der Waals surface area (Å²) in [6.45, 7) is 1.65. The van der Waals surface area contributed by atoms with Crippen LogP contribution in [-0.2, 0) is 6.54 Å². The van der Waals surface area contributed by atoms with Crippen molar-refractivity contribution in [3.8, 4) is 5.75 Å². The van der Waals surface area contributed by atoms with E-state index in [0.29, 0.717) is 6.73 Å². The van der Waals surface area contributed by atoms with Crippen LogP contribution < -0.4 is 4.74 Å². The van der Waals surface area contributed by atoms with Crippen molar-refractivity contribution >= 4 is 10.8 Å². The molecule has 0 aromatic heterocycles. The van der Waals surface area contributed by atoms with Gasteiger partial charge in [0.2, 0.25) is 0 Å². The summed E-state index contributed by atoms with van der Waals surface area (Å²) >= 11 is 0. The molecule has 1 heterocycles. The molecule has 0 unspecified atom stereocenters. The van der Waals surface area contributed by atoms with E-state index in [4.69, 9.17) is 4.74 Å². The highest BCUT2D eigenvalue weighted by Crippen LogP contribution is 2.32. The first-order valence-corrected chi connectivity index (χ1v) is 5.16. The maximum atomic E-state index is 5.77. The monoisotopic (exact) mass is 199 g/mol. The fourth-order valence-corrected chi connectivity index (χ4v) is 2.09. The lowest BCUT2D eigenvalue weighted by Gasteiger charge is -2.26. The average Bonchev–Trinajstić information content (AvgIpc) is 2.28. The number of nitrogens with zero attached hydrogens (tertiary/aromatic N) is 1. The second kappa shape index (κ2) is 3.24. The van der Waals surface area contributed by atoms with Crippen molar-refractivity contribution in [2.45, 2.75) is 6.54 Å². The Hall–Kier alpha value is -1.54. The lowest BCUT2D eigenvalue weighted by molar-refractivity contribution is 0.123. The van der Waals surface area contributed by atoms with Gasteiger partial charge in [-0.3, -0.25) is 4.90 Å². The summed E-state index contributed by atoms with van der Waals surface area (Å²) in [6, 6.07) is 12.7. The van der Waals surface area contributed by atoms with Gasteiger partial charge in [0.25, 0.3) is 0 Å². The van der Waals surface area contributed by atoms with Crippen molar-refractivity contribution in [3.05, 3.63) is 42.0 Å². The highest BCUT2D eigenvalue weighted by atomic mass is 16.5. The van der Waals surface area contributed by atoms with Crippen LogP contribution >= 0.6 is 0 Å². The molecule has 1 aliphatic rings. The molecule has 2 aromatic rings. The highest BCUT2D eigenvalue weighted by Gasteiger charge is 2.15. The van der Waals surface area contributed by atoms with Crippen molar-refractivity contribution in [2.75, 3.05) is 13.8 Å².